The molecule has 0 atom stereocenters. The molecule has 0 aromatic rings. The average molecular weight is 182 g/mol. The molecule has 0 aromatic heterocycles. The Morgan fingerprint density at radius 2 is 2.50 bits per heavy atom. The van der Waals surface area contributed by atoms with E-state index in [4.69, 9.17) is 0 Å². The topological polar surface area (TPSA) is 0 Å². The van der Waals surface area contributed by atoms with Gasteiger partial charge in [0.05, 0.1) is 0 Å². The summed E-state index contributed by atoms with van der Waals surface area (Å²) >= 11 is -0.373. The van der Waals surface area contributed by atoms with E-state index < -0.39 is 0 Å². The molecular formula is C5H7In. The van der Waals surface area contributed by atoms with Crippen molar-refractivity contribution in [2.24, 2.45) is 0 Å². The molecule has 0 saturated heterocycles. The zero-order chi connectivity index (χ0) is 4.41. The van der Waals surface area contributed by atoms with E-state index in [2.05, 4.69) is 22.9 Å². The van der Waals surface area contributed by atoms with Gasteiger partial charge in [-0.3, -0.25) is 0 Å². The van der Waals surface area contributed by atoms with Crippen molar-refractivity contribution in [2.45, 2.75) is 6.92 Å². The number of allylic oxidation sites excluding steroid dienone is 3. The van der Waals surface area contributed by atoms with E-state index in [0.717, 1.165) is 0 Å². The molecule has 1 rings (SSSR count). The third-order valence-corrected chi connectivity index (χ3v) is 4.92. The Kier molecular flexibility index (Phi) is 1.41. The third-order valence-electron chi connectivity index (χ3n) is 0.957. The van der Waals surface area contributed by atoms with E-state index in [1.807, 2.05) is 0 Å². The van der Waals surface area contributed by atoms with Crippen LogP contribution in [0.2, 0.25) is 0 Å². The minimum atomic E-state index is -0.373. The first-order valence-electron chi connectivity index (χ1n) is 2.22. The maximum absolute atomic E-state index is 2.37. The SMILES string of the molecule is C[C]1=CC=[CH][InH]1. The van der Waals surface area contributed by atoms with Crippen molar-refractivity contribution in [3.63, 3.8) is 0 Å². The van der Waals surface area contributed by atoms with Gasteiger partial charge >= 0.3 is 49.1 Å². The normalized spacial score (nSPS) is 17.2. The van der Waals surface area contributed by atoms with Crippen molar-refractivity contribution < 1.29 is 0 Å². The van der Waals surface area contributed by atoms with Crippen molar-refractivity contribution in [1.82, 2.24) is 0 Å². The molecule has 0 amide bonds. The molecule has 0 radical (unpaired) electrons. The standard InChI is InChI=1S/C5H6.In.H/c1-3-5-4-2;;/h1,3,5H,2H3;;. The van der Waals surface area contributed by atoms with Crippen molar-refractivity contribution in [3.05, 3.63) is 19.3 Å². The number of rotatable bonds is 0. The Labute approximate surface area is 49.3 Å². The quantitative estimate of drug-likeness (QED) is 0.520. The Morgan fingerprint density at radius 3 is 2.67 bits per heavy atom. The van der Waals surface area contributed by atoms with Crippen LogP contribution < -0.4 is 0 Å². The molecule has 0 bridgehead atoms. The fraction of sp³-hybridized carbons (Fsp3) is 0.200. The first-order chi connectivity index (χ1) is 2.89. The Balaban J connectivity index is 2.61. The van der Waals surface area contributed by atoms with Gasteiger partial charge in [0, 0.05) is 0 Å². The van der Waals surface area contributed by atoms with E-state index in [1.165, 1.54) is 0 Å². The van der Waals surface area contributed by atoms with Crippen molar-refractivity contribution in [2.75, 3.05) is 0 Å². The molecule has 0 fully saturated rings. The van der Waals surface area contributed by atoms with Crippen molar-refractivity contribution in [3.8, 4) is 0 Å². The van der Waals surface area contributed by atoms with Crippen LogP contribution in [0.4, 0.5) is 0 Å². The monoisotopic (exact) mass is 182 g/mol. The molecule has 1 heteroatoms. The zero-order valence-electron chi connectivity index (χ0n) is 3.94. The first kappa shape index (κ1) is 4.51. The first-order valence-corrected chi connectivity index (χ1v) is 6.57. The second kappa shape index (κ2) is 1.87. The van der Waals surface area contributed by atoms with Crippen molar-refractivity contribution >= 4 is 22.9 Å². The number of hydrogen-bond acceptors (Lipinski definition) is 0. The van der Waals surface area contributed by atoms with E-state index in [-0.39, 0.29) is 22.9 Å². The number of hydrogen-bond donors (Lipinski definition) is 0. The summed E-state index contributed by atoms with van der Waals surface area (Å²) in [4.78, 5) is 0. The molecule has 0 aromatic carbocycles. The van der Waals surface area contributed by atoms with Gasteiger partial charge in [-0.15, -0.1) is 0 Å². The summed E-state index contributed by atoms with van der Waals surface area (Å²) in [5.41, 5.74) is 0. The van der Waals surface area contributed by atoms with Gasteiger partial charge in [0.25, 0.3) is 0 Å². The van der Waals surface area contributed by atoms with Crippen LogP contribution in [-0.2, 0) is 0 Å². The van der Waals surface area contributed by atoms with Crippen LogP contribution in [0, 0.1) is 0 Å². The molecule has 0 nitrogen and oxygen atoms in total. The van der Waals surface area contributed by atoms with E-state index in [9.17, 15) is 0 Å². The van der Waals surface area contributed by atoms with Crippen LogP contribution >= 0.6 is 0 Å². The Bertz CT molecular complexity index is 101. The summed E-state index contributed by atoms with van der Waals surface area (Å²) in [7, 11) is 0. The second-order valence-electron chi connectivity index (χ2n) is 1.65. The second-order valence-corrected chi connectivity index (χ2v) is 7.34. The predicted molar refractivity (Wildman–Crippen MR) is 30.0 cm³/mol. The zero-order valence-corrected chi connectivity index (χ0v) is 7.98. The Morgan fingerprint density at radius 1 is 1.67 bits per heavy atom. The molecule has 1 aliphatic rings. The summed E-state index contributed by atoms with van der Waals surface area (Å²) in [5.74, 6) is 0. The van der Waals surface area contributed by atoms with E-state index in [1.54, 1.807) is 3.33 Å². The molecule has 0 unspecified atom stereocenters. The molecule has 1 heterocycles. The van der Waals surface area contributed by atoms with Gasteiger partial charge in [-0.25, -0.2) is 0 Å². The van der Waals surface area contributed by atoms with Gasteiger partial charge in [-0.05, 0) is 0 Å². The van der Waals surface area contributed by atoms with Gasteiger partial charge in [0.2, 0.25) is 0 Å². The molecule has 6 heavy (non-hydrogen) atoms. The van der Waals surface area contributed by atoms with Crippen LogP contribution in [0.25, 0.3) is 0 Å². The van der Waals surface area contributed by atoms with Crippen LogP contribution in [-0.4, -0.2) is 22.9 Å². The molecule has 30 valence electrons. The fourth-order valence-electron chi connectivity index (χ4n) is 0.554. The van der Waals surface area contributed by atoms with Gasteiger partial charge in [-0.2, -0.15) is 0 Å². The maximum atomic E-state index is 2.37. The summed E-state index contributed by atoms with van der Waals surface area (Å²) < 4.78 is 4.05. The molecule has 0 aliphatic carbocycles. The van der Waals surface area contributed by atoms with Crippen LogP contribution in [0.1, 0.15) is 6.92 Å². The van der Waals surface area contributed by atoms with Gasteiger partial charge in [-0.1, -0.05) is 0 Å². The molecule has 1 aliphatic heterocycles. The average Bonchev–Trinajstić information content (AvgIpc) is 1.86. The van der Waals surface area contributed by atoms with Crippen LogP contribution in [0.5, 0.6) is 0 Å². The van der Waals surface area contributed by atoms with Crippen LogP contribution in [0.3, 0.4) is 0 Å². The van der Waals surface area contributed by atoms with E-state index in [0.29, 0.717) is 0 Å². The van der Waals surface area contributed by atoms with Gasteiger partial charge in [0.1, 0.15) is 0 Å². The van der Waals surface area contributed by atoms with Crippen LogP contribution in [0.15, 0.2) is 19.3 Å². The fourth-order valence-corrected chi connectivity index (χ4v) is 3.17. The van der Waals surface area contributed by atoms with Gasteiger partial charge in [0.15, 0.2) is 0 Å². The minimum absolute atomic E-state index is 0.373. The summed E-state index contributed by atoms with van der Waals surface area (Å²) in [6.07, 6.45) is 4.42. The predicted octanol–water partition coefficient (Wildman–Crippen LogP) is 0.854. The Hall–Kier alpha value is 0.350. The summed E-state index contributed by atoms with van der Waals surface area (Å²) in [6, 6.07) is 0. The third kappa shape index (κ3) is 0.904. The van der Waals surface area contributed by atoms with Crippen molar-refractivity contribution in [1.29, 1.82) is 0 Å². The summed E-state index contributed by atoms with van der Waals surface area (Å²) in [6.45, 7) is 2.23. The van der Waals surface area contributed by atoms with E-state index >= 15 is 0 Å². The molecule has 0 spiro atoms. The molecule has 0 saturated carbocycles. The van der Waals surface area contributed by atoms with Gasteiger partial charge < -0.3 is 0 Å². The molecular weight excluding hydrogens is 175 g/mol. The summed E-state index contributed by atoms with van der Waals surface area (Å²) in [5, 5.41) is 0. The molecule has 0 N–H and O–H groups in total.